The molecule has 0 bridgehead atoms. The second-order valence-electron chi connectivity index (χ2n) is 7.14. The van der Waals surface area contributed by atoms with E-state index in [1.165, 1.54) is 0 Å². The Bertz CT molecular complexity index is 618. The minimum absolute atomic E-state index is 0.0957. The molecular formula is C17H27N5O2. The predicted molar refractivity (Wildman–Crippen MR) is 90.0 cm³/mol. The van der Waals surface area contributed by atoms with Gasteiger partial charge in [0.15, 0.2) is 0 Å². The monoisotopic (exact) mass is 333 g/mol. The first kappa shape index (κ1) is 17.0. The van der Waals surface area contributed by atoms with Crippen LogP contribution >= 0.6 is 0 Å². The minimum Gasteiger partial charge on any atom is -0.350 e. The van der Waals surface area contributed by atoms with Crippen molar-refractivity contribution in [2.45, 2.75) is 52.7 Å². The fourth-order valence-corrected chi connectivity index (χ4v) is 3.47. The smallest absolute Gasteiger partial charge is 0.226 e. The maximum absolute atomic E-state index is 12.5. The number of hydrogen-bond acceptors (Lipinski definition) is 4. The Morgan fingerprint density at radius 3 is 2.79 bits per heavy atom. The van der Waals surface area contributed by atoms with Gasteiger partial charge in [-0.25, -0.2) is 0 Å². The summed E-state index contributed by atoms with van der Waals surface area (Å²) in [7, 11) is 0. The van der Waals surface area contributed by atoms with Crippen molar-refractivity contribution in [1.29, 1.82) is 0 Å². The van der Waals surface area contributed by atoms with E-state index in [2.05, 4.69) is 15.7 Å². The van der Waals surface area contributed by atoms with Crippen LogP contribution in [-0.2, 0) is 29.2 Å². The molecule has 1 saturated heterocycles. The zero-order valence-electron chi connectivity index (χ0n) is 14.6. The molecule has 7 heteroatoms. The van der Waals surface area contributed by atoms with Gasteiger partial charge in [0, 0.05) is 25.4 Å². The number of carbonyl (C=O) groups excluding carboxylic acids is 2. The number of aryl methyl sites for hydroxylation is 1. The van der Waals surface area contributed by atoms with E-state index in [1.807, 2.05) is 22.6 Å². The Balaban J connectivity index is 1.62. The first-order chi connectivity index (χ1) is 11.5. The van der Waals surface area contributed by atoms with Crippen LogP contribution in [-0.4, -0.2) is 46.1 Å². The average Bonchev–Trinajstić information content (AvgIpc) is 2.83. The number of aromatic nitrogens is 2. The molecule has 0 saturated carbocycles. The number of fused-ring (bicyclic) bond motifs is 1. The first-order valence-electron chi connectivity index (χ1n) is 8.78. The molecule has 0 aliphatic carbocycles. The topological polar surface area (TPSA) is 79.3 Å². The molecule has 7 nitrogen and oxygen atoms in total. The highest BCUT2D eigenvalue weighted by Gasteiger charge is 2.34. The molecule has 2 N–H and O–H groups in total. The van der Waals surface area contributed by atoms with E-state index < -0.39 is 0 Å². The summed E-state index contributed by atoms with van der Waals surface area (Å²) in [5.41, 5.74) is 1.62. The Hall–Kier alpha value is -1.89. The molecule has 1 aromatic heterocycles. The number of piperidine rings is 1. The number of amides is 2. The van der Waals surface area contributed by atoms with Crippen molar-refractivity contribution in [3.8, 4) is 0 Å². The van der Waals surface area contributed by atoms with E-state index >= 15 is 0 Å². The van der Waals surface area contributed by atoms with Gasteiger partial charge >= 0.3 is 0 Å². The van der Waals surface area contributed by atoms with Gasteiger partial charge < -0.3 is 15.5 Å². The SMILES string of the molecule is CC(=O)N1CCCn2nc(CNC(=O)C3(C)CCNCC3)cc2C1. The predicted octanol–water partition coefficient (Wildman–Crippen LogP) is 0.641. The molecule has 0 atom stereocenters. The van der Waals surface area contributed by atoms with Crippen molar-refractivity contribution in [2.75, 3.05) is 19.6 Å². The summed E-state index contributed by atoms with van der Waals surface area (Å²) in [5.74, 6) is 0.205. The third-order valence-corrected chi connectivity index (χ3v) is 5.20. The molecule has 0 radical (unpaired) electrons. The van der Waals surface area contributed by atoms with Crippen LogP contribution in [0.25, 0.3) is 0 Å². The van der Waals surface area contributed by atoms with Crippen molar-refractivity contribution in [1.82, 2.24) is 25.3 Å². The molecule has 2 amide bonds. The first-order valence-corrected chi connectivity index (χ1v) is 8.78. The summed E-state index contributed by atoms with van der Waals surface area (Å²) >= 11 is 0. The zero-order valence-corrected chi connectivity index (χ0v) is 14.6. The summed E-state index contributed by atoms with van der Waals surface area (Å²) < 4.78 is 1.97. The van der Waals surface area contributed by atoms with Crippen LogP contribution in [0.15, 0.2) is 6.07 Å². The molecule has 0 spiro atoms. The minimum atomic E-state index is -0.284. The van der Waals surface area contributed by atoms with Gasteiger partial charge in [-0.15, -0.1) is 0 Å². The lowest BCUT2D eigenvalue weighted by Gasteiger charge is -2.32. The van der Waals surface area contributed by atoms with Crippen LogP contribution in [0.2, 0.25) is 0 Å². The fourth-order valence-electron chi connectivity index (χ4n) is 3.47. The van der Waals surface area contributed by atoms with E-state index in [1.54, 1.807) is 6.92 Å². The van der Waals surface area contributed by atoms with Gasteiger partial charge in [0.05, 0.1) is 24.5 Å². The molecule has 1 aromatic rings. The molecule has 2 aliphatic rings. The van der Waals surface area contributed by atoms with E-state index in [9.17, 15) is 9.59 Å². The van der Waals surface area contributed by atoms with Crippen LogP contribution in [0.5, 0.6) is 0 Å². The van der Waals surface area contributed by atoms with Crippen molar-refractivity contribution >= 4 is 11.8 Å². The summed E-state index contributed by atoms with van der Waals surface area (Å²) in [6, 6.07) is 2.01. The maximum atomic E-state index is 12.5. The second kappa shape index (κ2) is 6.93. The van der Waals surface area contributed by atoms with Crippen LogP contribution in [0.3, 0.4) is 0 Å². The summed E-state index contributed by atoms with van der Waals surface area (Å²) in [6.45, 7) is 8.06. The quantitative estimate of drug-likeness (QED) is 0.851. The zero-order chi connectivity index (χ0) is 17.2. The van der Waals surface area contributed by atoms with Crippen molar-refractivity contribution in [3.05, 3.63) is 17.5 Å². The number of rotatable bonds is 3. The lowest BCUT2D eigenvalue weighted by atomic mass is 9.80. The van der Waals surface area contributed by atoms with Gasteiger partial charge in [-0.05, 0) is 38.4 Å². The molecule has 3 heterocycles. The molecule has 132 valence electrons. The van der Waals surface area contributed by atoms with Crippen molar-refractivity contribution < 1.29 is 9.59 Å². The van der Waals surface area contributed by atoms with Gasteiger partial charge in [-0.2, -0.15) is 5.10 Å². The lowest BCUT2D eigenvalue weighted by Crippen LogP contribution is -2.45. The van der Waals surface area contributed by atoms with Crippen LogP contribution in [0.4, 0.5) is 0 Å². The number of hydrogen-bond donors (Lipinski definition) is 2. The Morgan fingerprint density at radius 2 is 2.08 bits per heavy atom. The number of nitrogens with zero attached hydrogens (tertiary/aromatic N) is 3. The Kier molecular flexibility index (Phi) is 4.89. The standard InChI is InChI=1S/C17H27N5O2/c1-13(23)21-8-3-9-22-15(12-21)10-14(20-22)11-19-16(24)17(2)4-6-18-7-5-17/h10,18H,3-9,11-12H2,1-2H3,(H,19,24). The highest BCUT2D eigenvalue weighted by molar-refractivity contribution is 5.82. The molecule has 1 fully saturated rings. The largest absolute Gasteiger partial charge is 0.350 e. The highest BCUT2D eigenvalue weighted by Crippen LogP contribution is 2.28. The molecule has 24 heavy (non-hydrogen) atoms. The van der Waals surface area contributed by atoms with E-state index in [4.69, 9.17) is 0 Å². The Morgan fingerprint density at radius 1 is 1.33 bits per heavy atom. The van der Waals surface area contributed by atoms with Gasteiger partial charge in [-0.1, -0.05) is 6.92 Å². The van der Waals surface area contributed by atoms with Crippen LogP contribution in [0.1, 0.15) is 44.5 Å². The molecule has 0 aromatic carbocycles. The third kappa shape index (κ3) is 3.61. The van der Waals surface area contributed by atoms with E-state index in [0.29, 0.717) is 13.1 Å². The lowest BCUT2D eigenvalue weighted by molar-refractivity contribution is -0.131. The highest BCUT2D eigenvalue weighted by atomic mass is 16.2. The number of carbonyl (C=O) groups is 2. The Labute approximate surface area is 142 Å². The summed E-state index contributed by atoms with van der Waals surface area (Å²) in [5, 5.41) is 10.9. The molecule has 2 aliphatic heterocycles. The van der Waals surface area contributed by atoms with Crippen molar-refractivity contribution in [2.24, 2.45) is 5.41 Å². The van der Waals surface area contributed by atoms with Gasteiger partial charge in [-0.3, -0.25) is 14.3 Å². The van der Waals surface area contributed by atoms with E-state index in [-0.39, 0.29) is 17.2 Å². The summed E-state index contributed by atoms with van der Waals surface area (Å²) in [4.78, 5) is 26.0. The molecular weight excluding hydrogens is 306 g/mol. The van der Waals surface area contributed by atoms with Gasteiger partial charge in [0.25, 0.3) is 0 Å². The van der Waals surface area contributed by atoms with Gasteiger partial charge in [0.2, 0.25) is 11.8 Å². The van der Waals surface area contributed by atoms with Crippen LogP contribution in [0, 0.1) is 5.41 Å². The number of nitrogens with one attached hydrogen (secondary N) is 2. The fraction of sp³-hybridized carbons (Fsp3) is 0.706. The van der Waals surface area contributed by atoms with Crippen LogP contribution < -0.4 is 10.6 Å². The molecule has 3 rings (SSSR count). The van der Waals surface area contributed by atoms with Crippen molar-refractivity contribution in [3.63, 3.8) is 0 Å². The van der Waals surface area contributed by atoms with E-state index in [0.717, 1.165) is 56.8 Å². The molecule has 0 unspecified atom stereocenters. The normalized spacial score (nSPS) is 20.2. The maximum Gasteiger partial charge on any atom is 0.226 e. The third-order valence-electron chi connectivity index (χ3n) is 5.20. The van der Waals surface area contributed by atoms with Gasteiger partial charge in [0.1, 0.15) is 0 Å². The summed E-state index contributed by atoms with van der Waals surface area (Å²) in [6.07, 6.45) is 2.64. The average molecular weight is 333 g/mol. The second-order valence-corrected chi connectivity index (χ2v) is 7.14.